The lowest BCUT2D eigenvalue weighted by Gasteiger charge is -2.38. The van der Waals surface area contributed by atoms with Gasteiger partial charge in [-0.3, -0.25) is 0 Å². The van der Waals surface area contributed by atoms with E-state index in [0.29, 0.717) is 5.82 Å². The van der Waals surface area contributed by atoms with Gasteiger partial charge in [0, 0.05) is 6.20 Å². The van der Waals surface area contributed by atoms with E-state index in [1.807, 2.05) is 31.3 Å². The van der Waals surface area contributed by atoms with Crippen LogP contribution in [0.25, 0.3) is 0 Å². The molecular formula is C24H22N2O. The molecule has 0 aliphatic heterocycles. The Bertz CT molecular complexity index is 912. The van der Waals surface area contributed by atoms with Gasteiger partial charge in [0.05, 0.1) is 5.69 Å². The molecule has 0 spiro atoms. The number of hydrogen-bond donors (Lipinski definition) is 1. The lowest BCUT2D eigenvalue weighted by molar-refractivity contribution is 0.259. The van der Waals surface area contributed by atoms with Gasteiger partial charge in [-0.15, -0.1) is 0 Å². The second-order valence-electron chi connectivity index (χ2n) is 6.64. The zero-order valence-corrected chi connectivity index (χ0v) is 15.3. The van der Waals surface area contributed by atoms with Crippen molar-refractivity contribution in [3.8, 4) is 0 Å². The van der Waals surface area contributed by atoms with Crippen LogP contribution in [0.2, 0.25) is 0 Å². The molecule has 0 saturated carbocycles. The summed E-state index contributed by atoms with van der Waals surface area (Å²) in [6.45, 7) is 1.84. The van der Waals surface area contributed by atoms with Crippen LogP contribution < -0.4 is 0 Å². The number of aromatic nitrogens is 2. The second-order valence-corrected chi connectivity index (χ2v) is 6.64. The standard InChI is InChI=1S/C24H22N2O/c1-19-17-26(23(18-27)25-19)24(20-11-5-2-6-12-20,21-13-7-3-8-14-21)22-15-9-4-10-16-22/h2-17,27H,18H2,1H3. The fourth-order valence-corrected chi connectivity index (χ4v) is 3.90. The summed E-state index contributed by atoms with van der Waals surface area (Å²) in [5, 5.41) is 10.1. The van der Waals surface area contributed by atoms with Gasteiger partial charge in [0.2, 0.25) is 0 Å². The molecule has 1 aromatic heterocycles. The Morgan fingerprint density at radius 2 is 1.15 bits per heavy atom. The average Bonchev–Trinajstić information content (AvgIpc) is 3.12. The molecule has 3 heteroatoms. The molecule has 0 fully saturated rings. The molecule has 1 N–H and O–H groups in total. The molecular weight excluding hydrogens is 332 g/mol. The van der Waals surface area contributed by atoms with Crippen molar-refractivity contribution in [1.82, 2.24) is 9.55 Å². The number of aliphatic hydroxyl groups excluding tert-OH is 1. The highest BCUT2D eigenvalue weighted by Crippen LogP contribution is 2.41. The van der Waals surface area contributed by atoms with Gasteiger partial charge >= 0.3 is 0 Å². The summed E-state index contributed by atoms with van der Waals surface area (Å²) in [6, 6.07) is 31.2. The Hall–Kier alpha value is -3.17. The third kappa shape index (κ3) is 2.86. The first-order valence-electron chi connectivity index (χ1n) is 9.09. The highest BCUT2D eigenvalue weighted by Gasteiger charge is 2.39. The first kappa shape index (κ1) is 17.3. The van der Waals surface area contributed by atoms with Gasteiger partial charge in [0.1, 0.15) is 18.0 Å². The Morgan fingerprint density at radius 3 is 1.52 bits per heavy atom. The highest BCUT2D eigenvalue weighted by atomic mass is 16.3. The van der Waals surface area contributed by atoms with Crippen LogP contribution in [0.4, 0.5) is 0 Å². The quantitative estimate of drug-likeness (QED) is 0.535. The van der Waals surface area contributed by atoms with E-state index in [4.69, 9.17) is 0 Å². The average molecular weight is 354 g/mol. The lowest BCUT2D eigenvalue weighted by Crippen LogP contribution is -2.38. The van der Waals surface area contributed by atoms with Gasteiger partial charge in [-0.1, -0.05) is 91.0 Å². The lowest BCUT2D eigenvalue weighted by atomic mass is 9.76. The van der Waals surface area contributed by atoms with E-state index in [9.17, 15) is 5.11 Å². The second kappa shape index (κ2) is 7.22. The molecule has 3 nitrogen and oxygen atoms in total. The summed E-state index contributed by atoms with van der Waals surface area (Å²) >= 11 is 0. The van der Waals surface area contributed by atoms with E-state index in [1.54, 1.807) is 0 Å². The Balaban J connectivity index is 2.16. The molecule has 0 aliphatic carbocycles. The predicted octanol–water partition coefficient (Wildman–Crippen LogP) is 4.52. The largest absolute Gasteiger partial charge is 0.388 e. The maximum Gasteiger partial charge on any atom is 0.136 e. The van der Waals surface area contributed by atoms with E-state index in [2.05, 4.69) is 82.3 Å². The molecule has 3 aromatic carbocycles. The predicted molar refractivity (Wildman–Crippen MR) is 107 cm³/mol. The fraction of sp³-hybridized carbons (Fsp3) is 0.125. The van der Waals surface area contributed by atoms with Crippen molar-refractivity contribution in [2.75, 3.05) is 0 Å². The molecule has 0 amide bonds. The molecule has 1 heterocycles. The number of benzene rings is 3. The van der Waals surface area contributed by atoms with Crippen LogP contribution in [0.1, 0.15) is 28.2 Å². The van der Waals surface area contributed by atoms with Crippen molar-refractivity contribution in [3.63, 3.8) is 0 Å². The number of rotatable bonds is 5. The van der Waals surface area contributed by atoms with Crippen molar-refractivity contribution in [2.45, 2.75) is 19.1 Å². The van der Waals surface area contributed by atoms with Gasteiger partial charge < -0.3 is 9.67 Å². The van der Waals surface area contributed by atoms with Crippen molar-refractivity contribution in [3.05, 3.63) is 125 Å². The normalized spacial score (nSPS) is 11.5. The van der Waals surface area contributed by atoms with E-state index in [1.165, 1.54) is 0 Å². The van der Waals surface area contributed by atoms with Crippen LogP contribution in [0.5, 0.6) is 0 Å². The summed E-state index contributed by atoms with van der Waals surface area (Å²) in [7, 11) is 0. The van der Waals surface area contributed by atoms with E-state index < -0.39 is 5.54 Å². The van der Waals surface area contributed by atoms with Gasteiger partial charge in [0.25, 0.3) is 0 Å². The monoisotopic (exact) mass is 354 g/mol. The fourth-order valence-electron chi connectivity index (χ4n) is 3.90. The highest BCUT2D eigenvalue weighted by molar-refractivity contribution is 5.51. The van der Waals surface area contributed by atoms with Gasteiger partial charge in [-0.25, -0.2) is 4.98 Å². The molecule has 0 bridgehead atoms. The van der Waals surface area contributed by atoms with Gasteiger partial charge in [-0.05, 0) is 23.6 Å². The topological polar surface area (TPSA) is 38.0 Å². The Morgan fingerprint density at radius 1 is 0.741 bits per heavy atom. The Labute approximate surface area is 159 Å². The smallest absolute Gasteiger partial charge is 0.136 e. The minimum atomic E-state index is -0.622. The van der Waals surface area contributed by atoms with Gasteiger partial charge in [0.15, 0.2) is 0 Å². The van der Waals surface area contributed by atoms with E-state index in [-0.39, 0.29) is 6.61 Å². The Kier molecular flexibility index (Phi) is 4.61. The maximum atomic E-state index is 10.1. The third-order valence-electron chi connectivity index (χ3n) is 4.98. The maximum absolute atomic E-state index is 10.1. The number of aryl methyl sites for hydroxylation is 1. The molecule has 0 radical (unpaired) electrons. The minimum absolute atomic E-state index is 0.123. The molecule has 0 aliphatic rings. The molecule has 0 unspecified atom stereocenters. The van der Waals surface area contributed by atoms with E-state index in [0.717, 1.165) is 22.4 Å². The van der Waals surface area contributed by atoms with Crippen LogP contribution >= 0.6 is 0 Å². The van der Waals surface area contributed by atoms with E-state index >= 15 is 0 Å². The van der Waals surface area contributed by atoms with Crippen LogP contribution in [0, 0.1) is 6.92 Å². The molecule has 0 atom stereocenters. The van der Waals surface area contributed by atoms with Crippen molar-refractivity contribution >= 4 is 0 Å². The van der Waals surface area contributed by atoms with Crippen molar-refractivity contribution in [2.24, 2.45) is 0 Å². The summed E-state index contributed by atoms with van der Waals surface area (Å²) in [5.41, 5.74) is 3.62. The van der Waals surface area contributed by atoms with Crippen LogP contribution in [0.3, 0.4) is 0 Å². The van der Waals surface area contributed by atoms with Crippen LogP contribution in [-0.4, -0.2) is 14.7 Å². The van der Waals surface area contributed by atoms with Crippen molar-refractivity contribution < 1.29 is 5.11 Å². The van der Waals surface area contributed by atoms with Crippen LogP contribution in [-0.2, 0) is 12.1 Å². The van der Waals surface area contributed by atoms with Crippen LogP contribution in [0.15, 0.2) is 97.2 Å². The third-order valence-corrected chi connectivity index (χ3v) is 4.98. The molecule has 4 aromatic rings. The van der Waals surface area contributed by atoms with Gasteiger partial charge in [-0.2, -0.15) is 0 Å². The zero-order chi connectivity index (χ0) is 18.7. The molecule has 27 heavy (non-hydrogen) atoms. The summed E-state index contributed by atoms with van der Waals surface area (Å²) < 4.78 is 2.11. The van der Waals surface area contributed by atoms with Crippen molar-refractivity contribution in [1.29, 1.82) is 0 Å². The SMILES string of the molecule is Cc1cn(C(c2ccccc2)(c2ccccc2)c2ccccc2)c(CO)n1. The summed E-state index contributed by atoms with van der Waals surface area (Å²) in [6.07, 6.45) is 2.03. The summed E-state index contributed by atoms with van der Waals surface area (Å²) in [4.78, 5) is 4.58. The summed E-state index contributed by atoms with van der Waals surface area (Å²) in [5.74, 6) is 0.643. The number of aliphatic hydroxyl groups is 1. The first-order chi connectivity index (χ1) is 13.3. The number of hydrogen-bond acceptors (Lipinski definition) is 2. The zero-order valence-electron chi connectivity index (χ0n) is 15.3. The molecule has 0 saturated heterocycles. The molecule has 134 valence electrons. The molecule has 4 rings (SSSR count). The minimum Gasteiger partial charge on any atom is -0.388 e. The first-order valence-corrected chi connectivity index (χ1v) is 9.09. The number of nitrogens with zero attached hydrogens (tertiary/aromatic N) is 2. The number of imidazole rings is 1.